The van der Waals surface area contributed by atoms with E-state index in [1.807, 2.05) is 12.1 Å². The molecule has 0 saturated heterocycles. The maximum Gasteiger partial charge on any atom is 0.115 e. The molecule has 1 saturated carbocycles. The third-order valence-electron chi connectivity index (χ3n) is 3.98. The van der Waals surface area contributed by atoms with Gasteiger partial charge in [-0.25, -0.2) is 0 Å². The summed E-state index contributed by atoms with van der Waals surface area (Å²) in [6.07, 6.45) is 5.92. The number of aromatic hydroxyl groups is 1. The molecule has 3 unspecified atom stereocenters. The van der Waals surface area contributed by atoms with Crippen molar-refractivity contribution in [2.45, 2.75) is 44.4 Å². The summed E-state index contributed by atoms with van der Waals surface area (Å²) in [7, 11) is 0. The van der Waals surface area contributed by atoms with E-state index in [1.54, 1.807) is 6.07 Å². The molecule has 0 aliphatic heterocycles. The highest BCUT2D eigenvalue weighted by Gasteiger charge is 2.28. The molecular weight excluding hydrogens is 232 g/mol. The highest BCUT2D eigenvalue weighted by atomic mass is 35.5. The minimum Gasteiger partial charge on any atom is -0.508 e. The minimum atomic E-state index is 0.306. The SMILES string of the molecule is CCC1CCC(Cl)C(Cc2cccc(O)c2)C1. The summed E-state index contributed by atoms with van der Waals surface area (Å²) in [6, 6.07) is 7.57. The third kappa shape index (κ3) is 3.38. The first kappa shape index (κ1) is 12.8. The van der Waals surface area contributed by atoms with Gasteiger partial charge in [-0.2, -0.15) is 0 Å². The van der Waals surface area contributed by atoms with Gasteiger partial charge >= 0.3 is 0 Å². The lowest BCUT2D eigenvalue weighted by atomic mass is 9.77. The van der Waals surface area contributed by atoms with Crippen molar-refractivity contribution >= 4 is 11.6 Å². The molecule has 1 aliphatic rings. The molecule has 1 aromatic carbocycles. The molecule has 0 bridgehead atoms. The van der Waals surface area contributed by atoms with Crippen LogP contribution < -0.4 is 0 Å². The number of hydrogen-bond acceptors (Lipinski definition) is 1. The van der Waals surface area contributed by atoms with Crippen LogP contribution in [-0.4, -0.2) is 10.5 Å². The van der Waals surface area contributed by atoms with Crippen molar-refractivity contribution in [3.63, 3.8) is 0 Å². The smallest absolute Gasteiger partial charge is 0.115 e. The van der Waals surface area contributed by atoms with Gasteiger partial charge in [0, 0.05) is 5.38 Å². The average molecular weight is 253 g/mol. The fourth-order valence-electron chi connectivity index (χ4n) is 2.89. The van der Waals surface area contributed by atoms with Gasteiger partial charge in [-0.3, -0.25) is 0 Å². The number of alkyl halides is 1. The van der Waals surface area contributed by atoms with E-state index in [2.05, 4.69) is 13.0 Å². The summed E-state index contributed by atoms with van der Waals surface area (Å²) in [5, 5.41) is 9.78. The van der Waals surface area contributed by atoms with E-state index in [0.717, 1.165) is 18.8 Å². The Bertz CT molecular complexity index is 364. The van der Waals surface area contributed by atoms with Gasteiger partial charge in [-0.15, -0.1) is 11.6 Å². The van der Waals surface area contributed by atoms with E-state index in [9.17, 15) is 5.11 Å². The Balaban J connectivity index is 2.01. The summed E-state index contributed by atoms with van der Waals surface area (Å²) < 4.78 is 0. The zero-order chi connectivity index (χ0) is 12.3. The molecule has 2 heteroatoms. The molecule has 0 amide bonds. The second-order valence-electron chi connectivity index (χ2n) is 5.24. The maximum absolute atomic E-state index is 9.47. The molecule has 17 heavy (non-hydrogen) atoms. The molecule has 0 radical (unpaired) electrons. The average Bonchev–Trinajstić information content (AvgIpc) is 2.32. The monoisotopic (exact) mass is 252 g/mol. The second-order valence-corrected chi connectivity index (χ2v) is 5.80. The largest absolute Gasteiger partial charge is 0.508 e. The molecule has 0 spiro atoms. The second kappa shape index (κ2) is 5.77. The topological polar surface area (TPSA) is 20.2 Å². The van der Waals surface area contributed by atoms with Crippen LogP contribution in [0.5, 0.6) is 5.75 Å². The Morgan fingerprint density at radius 1 is 1.35 bits per heavy atom. The lowest BCUT2D eigenvalue weighted by Gasteiger charge is -2.32. The number of hydrogen-bond donors (Lipinski definition) is 1. The van der Waals surface area contributed by atoms with Crippen LogP contribution in [0.2, 0.25) is 0 Å². The Kier molecular flexibility index (Phi) is 4.33. The molecule has 3 atom stereocenters. The van der Waals surface area contributed by atoms with Crippen molar-refractivity contribution in [2.75, 3.05) is 0 Å². The molecule has 1 N–H and O–H groups in total. The quantitative estimate of drug-likeness (QED) is 0.792. The van der Waals surface area contributed by atoms with Crippen molar-refractivity contribution in [1.29, 1.82) is 0 Å². The molecule has 2 rings (SSSR count). The van der Waals surface area contributed by atoms with Crippen molar-refractivity contribution in [1.82, 2.24) is 0 Å². The van der Waals surface area contributed by atoms with Crippen LogP contribution in [0.4, 0.5) is 0 Å². The number of phenols is 1. The predicted molar refractivity (Wildman–Crippen MR) is 72.6 cm³/mol. The molecule has 1 fully saturated rings. The summed E-state index contributed by atoms with van der Waals surface area (Å²) in [6.45, 7) is 2.27. The summed E-state index contributed by atoms with van der Waals surface area (Å²) >= 11 is 6.43. The fraction of sp³-hybridized carbons (Fsp3) is 0.600. The van der Waals surface area contributed by atoms with Crippen molar-refractivity contribution in [3.05, 3.63) is 29.8 Å². The Morgan fingerprint density at radius 2 is 2.18 bits per heavy atom. The molecular formula is C15H21ClO. The van der Waals surface area contributed by atoms with E-state index in [-0.39, 0.29) is 0 Å². The highest BCUT2D eigenvalue weighted by Crippen LogP contribution is 2.36. The number of rotatable bonds is 3. The van der Waals surface area contributed by atoms with Crippen LogP contribution >= 0.6 is 11.6 Å². The molecule has 0 heterocycles. The Morgan fingerprint density at radius 3 is 2.88 bits per heavy atom. The van der Waals surface area contributed by atoms with Crippen LogP contribution in [-0.2, 0) is 6.42 Å². The van der Waals surface area contributed by atoms with Gasteiger partial charge in [0.1, 0.15) is 5.75 Å². The third-order valence-corrected chi connectivity index (χ3v) is 4.56. The standard InChI is InChI=1S/C15H21ClO/c1-2-11-6-7-15(16)13(8-11)9-12-4-3-5-14(17)10-12/h3-5,10-11,13,15,17H,2,6-9H2,1H3. The normalized spacial score (nSPS) is 29.2. The zero-order valence-electron chi connectivity index (χ0n) is 10.4. The first-order chi connectivity index (χ1) is 8.19. The highest BCUT2D eigenvalue weighted by molar-refractivity contribution is 6.20. The number of benzene rings is 1. The van der Waals surface area contributed by atoms with Gasteiger partial charge in [0.15, 0.2) is 0 Å². The van der Waals surface area contributed by atoms with E-state index in [4.69, 9.17) is 11.6 Å². The van der Waals surface area contributed by atoms with Crippen molar-refractivity contribution in [3.8, 4) is 5.75 Å². The van der Waals surface area contributed by atoms with Crippen LogP contribution in [0.15, 0.2) is 24.3 Å². The van der Waals surface area contributed by atoms with Crippen molar-refractivity contribution < 1.29 is 5.11 Å². The van der Waals surface area contributed by atoms with Gasteiger partial charge in [-0.1, -0.05) is 25.5 Å². The molecule has 1 aliphatic carbocycles. The molecule has 94 valence electrons. The first-order valence-electron chi connectivity index (χ1n) is 6.61. The van der Waals surface area contributed by atoms with E-state index in [1.165, 1.54) is 24.8 Å². The summed E-state index contributed by atoms with van der Waals surface area (Å²) in [5.41, 5.74) is 1.21. The Labute approximate surface area is 109 Å². The van der Waals surface area contributed by atoms with Crippen LogP contribution in [0.1, 0.15) is 38.2 Å². The molecule has 1 aromatic rings. The van der Waals surface area contributed by atoms with Crippen molar-refractivity contribution in [2.24, 2.45) is 11.8 Å². The van der Waals surface area contributed by atoms with Gasteiger partial charge in [0.2, 0.25) is 0 Å². The lowest BCUT2D eigenvalue weighted by Crippen LogP contribution is -2.26. The van der Waals surface area contributed by atoms with E-state index < -0.39 is 0 Å². The molecule has 1 nitrogen and oxygen atoms in total. The van der Waals surface area contributed by atoms with Gasteiger partial charge in [-0.05, 0) is 55.2 Å². The van der Waals surface area contributed by atoms with Gasteiger partial charge in [0.05, 0.1) is 0 Å². The maximum atomic E-state index is 9.47. The minimum absolute atomic E-state index is 0.306. The van der Waals surface area contributed by atoms with Crippen LogP contribution in [0.25, 0.3) is 0 Å². The van der Waals surface area contributed by atoms with Gasteiger partial charge in [0.25, 0.3) is 0 Å². The summed E-state index contributed by atoms with van der Waals surface area (Å²) in [4.78, 5) is 0. The van der Waals surface area contributed by atoms with E-state index in [0.29, 0.717) is 17.0 Å². The predicted octanol–water partition coefficient (Wildman–Crippen LogP) is 4.37. The fourth-order valence-corrected chi connectivity index (χ4v) is 3.21. The van der Waals surface area contributed by atoms with Gasteiger partial charge < -0.3 is 5.11 Å². The van der Waals surface area contributed by atoms with Crippen LogP contribution in [0.3, 0.4) is 0 Å². The Hall–Kier alpha value is -0.690. The van der Waals surface area contributed by atoms with E-state index >= 15 is 0 Å². The summed E-state index contributed by atoms with van der Waals surface area (Å²) in [5.74, 6) is 1.76. The first-order valence-corrected chi connectivity index (χ1v) is 7.04. The number of halogens is 1. The lowest BCUT2D eigenvalue weighted by molar-refractivity contribution is 0.264. The molecule has 0 aromatic heterocycles. The number of phenolic OH excluding ortho intramolecular Hbond substituents is 1. The zero-order valence-corrected chi connectivity index (χ0v) is 11.2. The van der Waals surface area contributed by atoms with Crippen LogP contribution in [0, 0.1) is 11.8 Å².